The number of amides is 1. The Hall–Kier alpha value is -2.42. The Balaban J connectivity index is 1.75. The highest BCUT2D eigenvalue weighted by Crippen LogP contribution is 2.11. The van der Waals surface area contributed by atoms with Crippen molar-refractivity contribution in [2.75, 3.05) is 26.9 Å². The Bertz CT molecular complexity index is 808. The number of hydrogen-bond acceptors (Lipinski definition) is 5. The maximum absolute atomic E-state index is 12.1. The van der Waals surface area contributed by atoms with Gasteiger partial charge in [-0.15, -0.1) is 0 Å². The van der Waals surface area contributed by atoms with E-state index in [0.717, 1.165) is 11.3 Å². The Kier molecular flexibility index (Phi) is 8.25. The predicted octanol–water partition coefficient (Wildman–Crippen LogP) is 1.70. The molecule has 0 heterocycles. The minimum Gasteiger partial charge on any atom is -0.493 e. The number of ether oxygens (including phenoxy) is 2. The largest absolute Gasteiger partial charge is 0.493 e. The lowest BCUT2D eigenvalue weighted by atomic mass is 10.2. The van der Waals surface area contributed by atoms with Gasteiger partial charge in [0.25, 0.3) is 0 Å². The van der Waals surface area contributed by atoms with E-state index >= 15 is 0 Å². The van der Waals surface area contributed by atoms with Crippen molar-refractivity contribution in [3.8, 4) is 5.75 Å². The lowest BCUT2D eigenvalue weighted by Gasteiger charge is -2.09. The molecule has 2 aromatic rings. The third kappa shape index (κ3) is 7.38. The number of rotatable bonds is 11. The molecule has 7 nitrogen and oxygen atoms in total. The van der Waals surface area contributed by atoms with Crippen molar-refractivity contribution in [1.82, 2.24) is 10.0 Å². The summed E-state index contributed by atoms with van der Waals surface area (Å²) in [6, 6.07) is 15.7. The van der Waals surface area contributed by atoms with E-state index in [-0.39, 0.29) is 23.8 Å². The molecule has 0 aliphatic carbocycles. The summed E-state index contributed by atoms with van der Waals surface area (Å²) in [4.78, 5) is 12.0. The van der Waals surface area contributed by atoms with E-state index in [1.807, 2.05) is 30.3 Å². The van der Waals surface area contributed by atoms with Crippen LogP contribution in [-0.2, 0) is 26.1 Å². The van der Waals surface area contributed by atoms with Crippen LogP contribution in [0.3, 0.4) is 0 Å². The molecule has 146 valence electrons. The molecular weight excluding hydrogens is 368 g/mol. The molecule has 0 unspecified atom stereocenters. The van der Waals surface area contributed by atoms with Crippen LogP contribution in [-0.4, -0.2) is 41.2 Å². The lowest BCUT2D eigenvalue weighted by molar-refractivity contribution is -0.121. The van der Waals surface area contributed by atoms with Gasteiger partial charge in [-0.3, -0.25) is 4.79 Å². The van der Waals surface area contributed by atoms with Crippen molar-refractivity contribution in [3.63, 3.8) is 0 Å². The molecule has 1 amide bonds. The first kappa shape index (κ1) is 20.9. The first-order valence-corrected chi connectivity index (χ1v) is 10.0. The van der Waals surface area contributed by atoms with Crippen LogP contribution in [0.1, 0.15) is 12.0 Å². The highest BCUT2D eigenvalue weighted by molar-refractivity contribution is 7.89. The number of carbonyl (C=O) groups excluding carboxylic acids is 1. The summed E-state index contributed by atoms with van der Waals surface area (Å²) in [7, 11) is -2.05. The second kappa shape index (κ2) is 10.7. The monoisotopic (exact) mass is 392 g/mol. The van der Waals surface area contributed by atoms with Gasteiger partial charge in [0.1, 0.15) is 5.75 Å². The smallest absolute Gasteiger partial charge is 0.240 e. The molecule has 0 spiro atoms. The van der Waals surface area contributed by atoms with Crippen molar-refractivity contribution in [3.05, 3.63) is 60.2 Å². The van der Waals surface area contributed by atoms with Gasteiger partial charge >= 0.3 is 0 Å². The molecule has 0 fully saturated rings. The summed E-state index contributed by atoms with van der Waals surface area (Å²) in [5.41, 5.74) is 0.808. The second-order valence-electron chi connectivity index (χ2n) is 5.72. The zero-order valence-corrected chi connectivity index (χ0v) is 16.0. The fourth-order valence-electron chi connectivity index (χ4n) is 2.22. The predicted molar refractivity (Wildman–Crippen MR) is 102 cm³/mol. The molecule has 2 rings (SSSR count). The number of hydrogen-bond donors (Lipinski definition) is 2. The molecule has 0 aromatic heterocycles. The Morgan fingerprint density at radius 1 is 1.00 bits per heavy atom. The Labute approximate surface area is 159 Å². The molecule has 27 heavy (non-hydrogen) atoms. The standard InChI is InChI=1S/C19H24N2O5S/c1-25-14-12-21-27(23,24)18-9-7-16(8-10-18)15-20-19(22)11-13-26-17-5-3-2-4-6-17/h2-10,21H,11-15H2,1H3,(H,20,22). The maximum Gasteiger partial charge on any atom is 0.240 e. The molecule has 0 atom stereocenters. The normalized spacial score (nSPS) is 11.1. The molecule has 8 heteroatoms. The van der Waals surface area contributed by atoms with E-state index in [0.29, 0.717) is 19.8 Å². The molecule has 0 aliphatic rings. The molecule has 0 aliphatic heterocycles. The number of benzene rings is 2. The van der Waals surface area contributed by atoms with Crippen LogP contribution in [0.15, 0.2) is 59.5 Å². The van der Waals surface area contributed by atoms with Crippen LogP contribution >= 0.6 is 0 Å². The summed E-state index contributed by atoms with van der Waals surface area (Å²) in [5, 5.41) is 2.78. The number of methoxy groups -OCH3 is 1. The van der Waals surface area contributed by atoms with E-state index in [1.54, 1.807) is 12.1 Å². The van der Waals surface area contributed by atoms with Gasteiger partial charge in [-0.2, -0.15) is 0 Å². The van der Waals surface area contributed by atoms with Gasteiger partial charge in [-0.1, -0.05) is 30.3 Å². The quantitative estimate of drug-likeness (QED) is 0.568. The van der Waals surface area contributed by atoms with Crippen LogP contribution in [0.2, 0.25) is 0 Å². The van der Waals surface area contributed by atoms with E-state index < -0.39 is 10.0 Å². The van der Waals surface area contributed by atoms with Crippen LogP contribution in [0.4, 0.5) is 0 Å². The van der Waals surface area contributed by atoms with E-state index in [1.165, 1.54) is 19.2 Å². The second-order valence-corrected chi connectivity index (χ2v) is 7.49. The molecule has 2 aromatic carbocycles. The fourth-order valence-corrected chi connectivity index (χ4v) is 3.23. The summed E-state index contributed by atoms with van der Waals surface area (Å²) in [5.74, 6) is 0.588. The van der Waals surface area contributed by atoms with Gasteiger partial charge in [-0.25, -0.2) is 13.1 Å². The van der Waals surface area contributed by atoms with Gasteiger partial charge < -0.3 is 14.8 Å². The molecule has 0 bridgehead atoms. The van der Waals surface area contributed by atoms with E-state index in [2.05, 4.69) is 10.0 Å². The number of carbonyl (C=O) groups is 1. The Morgan fingerprint density at radius 2 is 1.70 bits per heavy atom. The van der Waals surface area contributed by atoms with Crippen molar-refractivity contribution in [2.24, 2.45) is 0 Å². The molecule has 0 radical (unpaired) electrons. The number of para-hydroxylation sites is 1. The van der Waals surface area contributed by atoms with E-state index in [4.69, 9.17) is 9.47 Å². The number of sulfonamides is 1. The minimum atomic E-state index is -3.55. The maximum atomic E-state index is 12.1. The third-order valence-corrected chi connectivity index (χ3v) is 5.14. The zero-order valence-electron chi connectivity index (χ0n) is 15.2. The first-order valence-electron chi connectivity index (χ1n) is 8.53. The van der Waals surface area contributed by atoms with Crippen molar-refractivity contribution in [1.29, 1.82) is 0 Å². The van der Waals surface area contributed by atoms with Crippen molar-refractivity contribution < 1.29 is 22.7 Å². The van der Waals surface area contributed by atoms with Crippen LogP contribution in [0.5, 0.6) is 5.75 Å². The van der Waals surface area contributed by atoms with Crippen molar-refractivity contribution in [2.45, 2.75) is 17.9 Å². The molecule has 2 N–H and O–H groups in total. The van der Waals surface area contributed by atoms with Crippen LogP contribution < -0.4 is 14.8 Å². The minimum absolute atomic E-state index is 0.135. The average Bonchev–Trinajstić information content (AvgIpc) is 2.68. The van der Waals surface area contributed by atoms with E-state index in [9.17, 15) is 13.2 Å². The summed E-state index contributed by atoms with van der Waals surface area (Å²) in [6.07, 6.45) is 0.241. The summed E-state index contributed by atoms with van der Waals surface area (Å²) >= 11 is 0. The van der Waals surface area contributed by atoms with Gasteiger partial charge in [0.15, 0.2) is 0 Å². The summed E-state index contributed by atoms with van der Waals surface area (Å²) < 4.78 is 36.9. The first-order chi connectivity index (χ1) is 13.0. The zero-order chi connectivity index (χ0) is 19.5. The van der Waals surface area contributed by atoms with Gasteiger partial charge in [0.2, 0.25) is 15.9 Å². The third-order valence-electron chi connectivity index (χ3n) is 3.66. The topological polar surface area (TPSA) is 93.7 Å². The molecule has 0 saturated heterocycles. The van der Waals surface area contributed by atoms with Crippen molar-refractivity contribution >= 4 is 15.9 Å². The van der Waals surface area contributed by atoms with Gasteiger partial charge in [-0.05, 0) is 29.8 Å². The van der Waals surface area contributed by atoms with Gasteiger partial charge in [0.05, 0.1) is 24.5 Å². The summed E-state index contributed by atoms with van der Waals surface area (Å²) in [6.45, 7) is 1.13. The fraction of sp³-hybridized carbons (Fsp3) is 0.316. The molecular formula is C19H24N2O5S. The highest BCUT2D eigenvalue weighted by Gasteiger charge is 2.13. The average molecular weight is 392 g/mol. The van der Waals surface area contributed by atoms with Crippen LogP contribution in [0.25, 0.3) is 0 Å². The highest BCUT2D eigenvalue weighted by atomic mass is 32.2. The van der Waals surface area contributed by atoms with Gasteiger partial charge in [0, 0.05) is 20.2 Å². The number of nitrogens with one attached hydrogen (secondary N) is 2. The Morgan fingerprint density at radius 3 is 2.37 bits per heavy atom. The molecule has 0 saturated carbocycles. The lowest BCUT2D eigenvalue weighted by Crippen LogP contribution is -2.27. The SMILES string of the molecule is COCCNS(=O)(=O)c1ccc(CNC(=O)CCOc2ccccc2)cc1. The van der Waals surface area contributed by atoms with Crippen LogP contribution in [0, 0.1) is 0 Å².